The molecule has 0 bridgehead atoms. The second-order valence-electron chi connectivity index (χ2n) is 4.99. The maximum Gasteiger partial charge on any atom is 0.248 e. The van der Waals surface area contributed by atoms with Gasteiger partial charge in [0.15, 0.2) is 5.82 Å². The lowest BCUT2D eigenvalue weighted by atomic mass is 10.1. The molecule has 0 radical (unpaired) electrons. The number of rotatable bonds is 4. The summed E-state index contributed by atoms with van der Waals surface area (Å²) in [6.45, 7) is 0.566. The molecule has 1 aromatic heterocycles. The van der Waals surface area contributed by atoms with E-state index in [1.165, 1.54) is 28.0 Å². The van der Waals surface area contributed by atoms with Crippen molar-refractivity contribution in [1.82, 2.24) is 14.1 Å². The van der Waals surface area contributed by atoms with E-state index in [1.54, 1.807) is 14.1 Å². The zero-order valence-corrected chi connectivity index (χ0v) is 11.7. The van der Waals surface area contributed by atoms with Gasteiger partial charge in [-0.05, 0) is 18.8 Å². The zero-order chi connectivity index (χ0) is 13.3. The molecule has 1 aliphatic rings. The molecular weight excluding hydrogens is 252 g/mol. The highest BCUT2D eigenvalue weighted by Crippen LogP contribution is 2.27. The van der Waals surface area contributed by atoms with Crippen LogP contribution in [0.2, 0.25) is 0 Å². The van der Waals surface area contributed by atoms with Crippen molar-refractivity contribution < 1.29 is 8.42 Å². The van der Waals surface area contributed by atoms with Crippen LogP contribution in [0, 0.1) is 5.92 Å². The van der Waals surface area contributed by atoms with E-state index < -0.39 is 10.0 Å². The highest BCUT2D eigenvalue weighted by Gasteiger charge is 2.28. The van der Waals surface area contributed by atoms with Crippen molar-refractivity contribution in [1.29, 1.82) is 0 Å². The Labute approximate surface area is 108 Å². The van der Waals surface area contributed by atoms with Crippen LogP contribution in [0.4, 0.5) is 5.82 Å². The van der Waals surface area contributed by atoms with E-state index in [9.17, 15) is 8.42 Å². The molecule has 2 N–H and O–H groups in total. The average Bonchev–Trinajstić information content (AvgIpc) is 2.88. The molecule has 1 saturated carbocycles. The number of anilines is 1. The molecular formula is C11H20N4O2S. The van der Waals surface area contributed by atoms with E-state index in [0.717, 1.165) is 12.8 Å². The summed E-state index contributed by atoms with van der Waals surface area (Å²) in [7, 11) is -0.241. The molecule has 7 heteroatoms. The molecule has 1 aliphatic carbocycles. The van der Waals surface area contributed by atoms with Crippen molar-refractivity contribution in [2.45, 2.75) is 30.6 Å². The first-order chi connectivity index (χ1) is 8.41. The summed E-state index contributed by atoms with van der Waals surface area (Å²) in [5.41, 5.74) is 5.64. The molecule has 0 aliphatic heterocycles. The van der Waals surface area contributed by atoms with Crippen molar-refractivity contribution in [3.63, 3.8) is 0 Å². The second-order valence-corrected chi connectivity index (χ2v) is 7.00. The van der Waals surface area contributed by atoms with Crippen LogP contribution in [0.5, 0.6) is 0 Å². The number of nitrogens with two attached hydrogens (primary N) is 1. The van der Waals surface area contributed by atoms with Crippen LogP contribution in [-0.4, -0.2) is 36.1 Å². The lowest BCUT2D eigenvalue weighted by Crippen LogP contribution is -2.31. The van der Waals surface area contributed by atoms with Crippen molar-refractivity contribution >= 4 is 15.8 Å². The Morgan fingerprint density at radius 2 is 2.11 bits per heavy atom. The Kier molecular flexibility index (Phi) is 3.63. The first-order valence-electron chi connectivity index (χ1n) is 6.16. The number of hydrogen-bond donors (Lipinski definition) is 1. The fraction of sp³-hybridized carbons (Fsp3) is 0.727. The van der Waals surface area contributed by atoms with Crippen LogP contribution >= 0.6 is 0 Å². The van der Waals surface area contributed by atoms with Crippen molar-refractivity contribution in [2.24, 2.45) is 13.0 Å². The molecule has 0 atom stereocenters. The predicted octanol–water partition coefficient (Wildman–Crippen LogP) is 0.813. The summed E-state index contributed by atoms with van der Waals surface area (Å²) in [4.78, 5) is 0.102. The topological polar surface area (TPSA) is 81.2 Å². The molecule has 102 valence electrons. The van der Waals surface area contributed by atoms with Gasteiger partial charge in [0.05, 0.1) is 0 Å². The van der Waals surface area contributed by atoms with Crippen molar-refractivity contribution in [3.05, 3.63) is 6.20 Å². The molecule has 1 aromatic rings. The Hall–Kier alpha value is -1.08. The third kappa shape index (κ3) is 2.51. The predicted molar refractivity (Wildman–Crippen MR) is 69.4 cm³/mol. The van der Waals surface area contributed by atoms with E-state index in [1.807, 2.05) is 0 Å². The molecule has 0 spiro atoms. The highest BCUT2D eigenvalue weighted by atomic mass is 32.2. The van der Waals surface area contributed by atoms with E-state index >= 15 is 0 Å². The monoisotopic (exact) mass is 272 g/mol. The Morgan fingerprint density at radius 1 is 1.50 bits per heavy atom. The van der Waals surface area contributed by atoms with Crippen molar-refractivity contribution in [3.8, 4) is 0 Å². The number of aryl methyl sites for hydroxylation is 1. The van der Waals surface area contributed by atoms with Gasteiger partial charge < -0.3 is 5.73 Å². The number of sulfonamides is 1. The Bertz CT molecular complexity index is 517. The minimum Gasteiger partial charge on any atom is -0.381 e. The van der Waals surface area contributed by atoms with Crippen LogP contribution in [0.25, 0.3) is 0 Å². The first kappa shape index (κ1) is 13.4. The lowest BCUT2D eigenvalue weighted by Gasteiger charge is -2.20. The Balaban J connectivity index is 2.17. The van der Waals surface area contributed by atoms with Gasteiger partial charge in [-0.15, -0.1) is 0 Å². The fourth-order valence-corrected chi connectivity index (χ4v) is 3.84. The molecule has 0 aromatic carbocycles. The van der Waals surface area contributed by atoms with Gasteiger partial charge in [0.1, 0.15) is 4.90 Å². The summed E-state index contributed by atoms with van der Waals surface area (Å²) in [5.74, 6) is 0.540. The summed E-state index contributed by atoms with van der Waals surface area (Å²) in [5, 5.41) is 3.88. The smallest absolute Gasteiger partial charge is 0.248 e. The highest BCUT2D eigenvalue weighted by molar-refractivity contribution is 7.89. The van der Waals surface area contributed by atoms with Gasteiger partial charge >= 0.3 is 0 Å². The lowest BCUT2D eigenvalue weighted by molar-refractivity contribution is 0.387. The third-order valence-electron chi connectivity index (χ3n) is 3.50. The van der Waals surface area contributed by atoms with Crippen LogP contribution in [0.1, 0.15) is 25.7 Å². The van der Waals surface area contributed by atoms with Gasteiger partial charge in [-0.1, -0.05) is 12.8 Å². The summed E-state index contributed by atoms with van der Waals surface area (Å²) < 4.78 is 27.5. The minimum atomic E-state index is -3.51. The first-order valence-corrected chi connectivity index (χ1v) is 7.60. The summed E-state index contributed by atoms with van der Waals surface area (Å²) >= 11 is 0. The molecule has 0 saturated heterocycles. The van der Waals surface area contributed by atoms with Crippen LogP contribution in [0.3, 0.4) is 0 Å². The van der Waals surface area contributed by atoms with E-state index in [-0.39, 0.29) is 10.7 Å². The van der Waals surface area contributed by atoms with Gasteiger partial charge in [0.2, 0.25) is 10.0 Å². The largest absolute Gasteiger partial charge is 0.381 e. The molecule has 1 fully saturated rings. The van der Waals surface area contributed by atoms with Crippen LogP contribution in [-0.2, 0) is 17.1 Å². The van der Waals surface area contributed by atoms with Crippen molar-refractivity contribution in [2.75, 3.05) is 19.3 Å². The summed E-state index contributed by atoms with van der Waals surface area (Å²) in [6, 6.07) is 0. The van der Waals surface area contributed by atoms with E-state index in [0.29, 0.717) is 12.5 Å². The second kappa shape index (κ2) is 4.89. The molecule has 18 heavy (non-hydrogen) atoms. The van der Waals surface area contributed by atoms with Gasteiger partial charge in [-0.3, -0.25) is 4.68 Å². The van der Waals surface area contributed by atoms with E-state index in [2.05, 4.69) is 5.10 Å². The van der Waals surface area contributed by atoms with Gasteiger partial charge in [0.25, 0.3) is 0 Å². The number of aromatic nitrogens is 2. The minimum absolute atomic E-state index is 0.0655. The maximum atomic E-state index is 12.3. The van der Waals surface area contributed by atoms with Crippen LogP contribution < -0.4 is 5.73 Å². The quantitative estimate of drug-likeness (QED) is 0.879. The molecule has 1 heterocycles. The van der Waals surface area contributed by atoms with E-state index in [4.69, 9.17) is 5.73 Å². The van der Waals surface area contributed by atoms with Gasteiger partial charge in [-0.25, -0.2) is 12.7 Å². The number of nitrogens with zero attached hydrogens (tertiary/aromatic N) is 3. The molecule has 0 unspecified atom stereocenters. The Morgan fingerprint density at radius 3 is 2.61 bits per heavy atom. The normalized spacial score (nSPS) is 17.7. The van der Waals surface area contributed by atoms with Gasteiger partial charge in [0, 0.05) is 26.8 Å². The number of nitrogen functional groups attached to an aromatic ring is 1. The molecule has 0 amide bonds. The standard InChI is InChI=1S/C11H20N4O2S/c1-14-8-10(11(12)13-14)18(16,17)15(2)7-9-5-3-4-6-9/h8-9H,3-7H2,1-2H3,(H2,12,13). The summed E-state index contributed by atoms with van der Waals surface area (Å²) in [6.07, 6.45) is 6.09. The average molecular weight is 272 g/mol. The number of hydrogen-bond acceptors (Lipinski definition) is 4. The molecule has 6 nitrogen and oxygen atoms in total. The maximum absolute atomic E-state index is 12.3. The van der Waals surface area contributed by atoms with Crippen LogP contribution in [0.15, 0.2) is 11.1 Å². The SMILES string of the molecule is CN(CC1CCCC1)S(=O)(=O)c1cn(C)nc1N. The third-order valence-corrected chi connectivity index (χ3v) is 5.34. The van der Waals surface area contributed by atoms with Gasteiger partial charge in [-0.2, -0.15) is 5.10 Å². The fourth-order valence-electron chi connectivity index (χ4n) is 2.51. The molecule has 2 rings (SSSR count). The zero-order valence-electron chi connectivity index (χ0n) is 10.8.